The third-order valence-electron chi connectivity index (χ3n) is 3.92. The second-order valence-corrected chi connectivity index (χ2v) is 5.65. The van der Waals surface area contributed by atoms with E-state index in [0.717, 1.165) is 37.4 Å². The molecule has 0 aliphatic carbocycles. The predicted octanol–water partition coefficient (Wildman–Crippen LogP) is 1.36. The molecular weight excluding hydrogens is 294 g/mol. The number of benzene rings is 1. The Balaban J connectivity index is 1.54. The summed E-state index contributed by atoms with van der Waals surface area (Å²) in [4.78, 5) is 16.2. The molecule has 1 aliphatic rings. The van der Waals surface area contributed by atoms with Crippen molar-refractivity contribution in [2.24, 2.45) is 0 Å². The van der Waals surface area contributed by atoms with E-state index in [1.807, 2.05) is 31.2 Å². The number of nitrogens with zero attached hydrogens (tertiary/aromatic N) is 3. The fraction of sp³-hybridized carbons (Fsp3) is 0.438. The Kier molecular flexibility index (Phi) is 4.99. The number of rotatable bonds is 5. The highest BCUT2D eigenvalue weighted by Crippen LogP contribution is 2.13. The van der Waals surface area contributed by atoms with E-state index in [0.29, 0.717) is 6.04 Å². The van der Waals surface area contributed by atoms with Gasteiger partial charge in [-0.3, -0.25) is 4.79 Å². The average Bonchev–Trinajstić information content (AvgIpc) is 3.11. The molecule has 2 N–H and O–H groups in total. The molecule has 2 aromatic rings. The lowest BCUT2D eigenvalue weighted by molar-refractivity contribution is -0.118. The van der Waals surface area contributed by atoms with E-state index in [-0.39, 0.29) is 11.9 Å². The second kappa shape index (κ2) is 7.34. The molecule has 1 aromatic carbocycles. The Morgan fingerprint density at radius 2 is 2.04 bits per heavy atom. The van der Waals surface area contributed by atoms with Crippen molar-refractivity contribution in [3.8, 4) is 5.69 Å². The molecule has 1 aliphatic heterocycles. The molecular formula is C16H21N5O2. The highest BCUT2D eigenvalue weighted by atomic mass is 16.5. The van der Waals surface area contributed by atoms with Crippen LogP contribution in [0.15, 0.2) is 36.9 Å². The van der Waals surface area contributed by atoms with Crippen LogP contribution in [0.3, 0.4) is 0 Å². The Morgan fingerprint density at radius 1 is 1.30 bits per heavy atom. The summed E-state index contributed by atoms with van der Waals surface area (Å²) in [5, 5.41) is 10.4. The first kappa shape index (κ1) is 15.6. The highest BCUT2D eigenvalue weighted by molar-refractivity contribution is 5.94. The van der Waals surface area contributed by atoms with Crippen LogP contribution in [0.1, 0.15) is 19.8 Å². The normalized spacial score (nSPS) is 16.9. The van der Waals surface area contributed by atoms with Crippen molar-refractivity contribution in [3.05, 3.63) is 36.9 Å². The molecule has 1 amide bonds. The number of aromatic nitrogens is 3. The van der Waals surface area contributed by atoms with Gasteiger partial charge in [0, 0.05) is 24.9 Å². The number of amides is 1. The third-order valence-corrected chi connectivity index (χ3v) is 3.92. The van der Waals surface area contributed by atoms with Gasteiger partial charge >= 0.3 is 0 Å². The van der Waals surface area contributed by atoms with E-state index in [1.165, 1.54) is 6.33 Å². The number of carbonyl (C=O) groups is 1. The number of hydrogen-bond donors (Lipinski definition) is 2. The van der Waals surface area contributed by atoms with Crippen LogP contribution < -0.4 is 10.6 Å². The highest BCUT2D eigenvalue weighted by Gasteiger charge is 2.20. The van der Waals surface area contributed by atoms with Crippen molar-refractivity contribution in [2.75, 3.05) is 18.5 Å². The van der Waals surface area contributed by atoms with Gasteiger partial charge < -0.3 is 15.4 Å². The average molecular weight is 315 g/mol. The molecule has 0 saturated carbocycles. The first-order valence-corrected chi connectivity index (χ1v) is 7.82. The van der Waals surface area contributed by atoms with Crippen LogP contribution in [0.25, 0.3) is 5.69 Å². The van der Waals surface area contributed by atoms with Crippen LogP contribution in [0.2, 0.25) is 0 Å². The number of hydrogen-bond acceptors (Lipinski definition) is 5. The summed E-state index contributed by atoms with van der Waals surface area (Å²) in [7, 11) is 0. The molecule has 1 atom stereocenters. The summed E-state index contributed by atoms with van der Waals surface area (Å²) in [5.74, 6) is -0.0370. The number of anilines is 1. The summed E-state index contributed by atoms with van der Waals surface area (Å²) in [6.45, 7) is 3.40. The van der Waals surface area contributed by atoms with Crippen molar-refractivity contribution in [1.82, 2.24) is 20.1 Å². The van der Waals surface area contributed by atoms with Crippen LogP contribution in [0.4, 0.5) is 5.69 Å². The molecule has 0 unspecified atom stereocenters. The molecule has 3 rings (SSSR count). The lowest BCUT2D eigenvalue weighted by Gasteiger charge is -2.26. The predicted molar refractivity (Wildman–Crippen MR) is 86.4 cm³/mol. The molecule has 23 heavy (non-hydrogen) atoms. The maximum Gasteiger partial charge on any atom is 0.241 e. The van der Waals surface area contributed by atoms with Crippen molar-refractivity contribution in [3.63, 3.8) is 0 Å². The van der Waals surface area contributed by atoms with Crippen LogP contribution >= 0.6 is 0 Å². The molecule has 7 nitrogen and oxygen atoms in total. The van der Waals surface area contributed by atoms with Gasteiger partial charge in [-0.2, -0.15) is 5.10 Å². The first-order chi connectivity index (χ1) is 11.2. The molecule has 2 heterocycles. The monoisotopic (exact) mass is 315 g/mol. The molecule has 0 spiro atoms. The number of nitrogens with one attached hydrogen (secondary N) is 2. The minimum Gasteiger partial charge on any atom is -0.381 e. The van der Waals surface area contributed by atoms with E-state index in [2.05, 4.69) is 20.7 Å². The molecule has 122 valence electrons. The quantitative estimate of drug-likeness (QED) is 0.871. The van der Waals surface area contributed by atoms with Crippen LogP contribution in [-0.4, -0.2) is 46.0 Å². The Morgan fingerprint density at radius 3 is 2.70 bits per heavy atom. The standard InChI is InChI=1S/C16H21N5O2/c1-12(19-14-6-8-23-9-7-14)16(22)20-13-2-4-15(5-3-13)21-11-17-10-18-21/h2-5,10-12,14,19H,6-9H2,1H3,(H,20,22)/t12-/m1/s1. The third kappa shape index (κ3) is 4.14. The zero-order valence-electron chi connectivity index (χ0n) is 13.1. The summed E-state index contributed by atoms with van der Waals surface area (Å²) >= 11 is 0. The Bertz CT molecular complexity index is 620. The van der Waals surface area contributed by atoms with Gasteiger partial charge in [0.1, 0.15) is 12.7 Å². The maximum absolute atomic E-state index is 12.3. The molecule has 1 saturated heterocycles. The van der Waals surface area contributed by atoms with Gasteiger partial charge in [0.05, 0.1) is 11.7 Å². The first-order valence-electron chi connectivity index (χ1n) is 7.82. The van der Waals surface area contributed by atoms with Gasteiger partial charge in [-0.15, -0.1) is 0 Å². The molecule has 0 radical (unpaired) electrons. The fourth-order valence-electron chi connectivity index (χ4n) is 2.58. The number of carbonyl (C=O) groups excluding carboxylic acids is 1. The summed E-state index contributed by atoms with van der Waals surface area (Å²) < 4.78 is 6.99. The maximum atomic E-state index is 12.3. The summed E-state index contributed by atoms with van der Waals surface area (Å²) in [6.07, 6.45) is 5.02. The van der Waals surface area contributed by atoms with Crippen LogP contribution in [0, 0.1) is 0 Å². The largest absolute Gasteiger partial charge is 0.381 e. The van der Waals surface area contributed by atoms with Gasteiger partial charge in [-0.25, -0.2) is 9.67 Å². The molecule has 7 heteroatoms. The van der Waals surface area contributed by atoms with Crippen molar-refractivity contribution in [2.45, 2.75) is 31.8 Å². The van der Waals surface area contributed by atoms with Gasteiger partial charge in [-0.1, -0.05) is 0 Å². The number of ether oxygens (including phenoxy) is 1. The minimum atomic E-state index is -0.243. The summed E-state index contributed by atoms with van der Waals surface area (Å²) in [5.41, 5.74) is 1.66. The van der Waals surface area contributed by atoms with Gasteiger partial charge in [0.25, 0.3) is 0 Å². The molecule has 1 aromatic heterocycles. The van der Waals surface area contributed by atoms with Gasteiger partial charge in [0.15, 0.2) is 0 Å². The van der Waals surface area contributed by atoms with Crippen LogP contribution in [0.5, 0.6) is 0 Å². The Hall–Kier alpha value is -2.25. The lowest BCUT2D eigenvalue weighted by atomic mass is 10.1. The van der Waals surface area contributed by atoms with E-state index >= 15 is 0 Å². The SMILES string of the molecule is C[C@@H](NC1CCOCC1)C(=O)Nc1ccc(-n2cncn2)cc1. The zero-order chi connectivity index (χ0) is 16.1. The van der Waals surface area contributed by atoms with Crippen molar-refractivity contribution >= 4 is 11.6 Å². The van der Waals surface area contributed by atoms with Gasteiger partial charge in [0.2, 0.25) is 5.91 Å². The minimum absolute atomic E-state index is 0.0370. The molecule has 0 bridgehead atoms. The summed E-state index contributed by atoms with van der Waals surface area (Å²) in [6, 6.07) is 7.60. The van der Waals surface area contributed by atoms with Gasteiger partial charge in [-0.05, 0) is 44.0 Å². The van der Waals surface area contributed by atoms with E-state index < -0.39 is 0 Å². The van der Waals surface area contributed by atoms with E-state index in [4.69, 9.17) is 4.74 Å². The Labute approximate surface area is 135 Å². The van der Waals surface area contributed by atoms with Crippen molar-refractivity contribution < 1.29 is 9.53 Å². The topological polar surface area (TPSA) is 81.1 Å². The van der Waals surface area contributed by atoms with Crippen molar-refractivity contribution in [1.29, 1.82) is 0 Å². The van der Waals surface area contributed by atoms with E-state index in [9.17, 15) is 4.79 Å². The molecule has 1 fully saturated rings. The zero-order valence-corrected chi connectivity index (χ0v) is 13.1. The smallest absolute Gasteiger partial charge is 0.241 e. The van der Waals surface area contributed by atoms with Crippen LogP contribution in [-0.2, 0) is 9.53 Å². The fourth-order valence-corrected chi connectivity index (χ4v) is 2.58. The second-order valence-electron chi connectivity index (χ2n) is 5.65. The van der Waals surface area contributed by atoms with E-state index in [1.54, 1.807) is 11.0 Å². The lowest BCUT2D eigenvalue weighted by Crippen LogP contribution is -2.46.